The van der Waals surface area contributed by atoms with Gasteiger partial charge < -0.3 is 9.64 Å². The van der Waals surface area contributed by atoms with Gasteiger partial charge in [0.2, 0.25) is 0 Å². The van der Waals surface area contributed by atoms with Crippen molar-refractivity contribution in [2.75, 3.05) is 13.1 Å². The molecule has 3 heteroatoms. The monoisotopic (exact) mass is 297 g/mol. The minimum absolute atomic E-state index is 0.295. The maximum Gasteiger partial charge on any atom is 0.415 e. The number of benzene rings is 2. The average molecular weight is 297 g/mol. The predicted octanol–water partition coefficient (Wildman–Crippen LogP) is 4.81. The first-order chi connectivity index (χ1) is 10.5. The maximum atomic E-state index is 12.0. The smallest absolute Gasteiger partial charge is 0.410 e. The lowest BCUT2D eigenvalue weighted by Gasteiger charge is -2.18. The van der Waals surface area contributed by atoms with Gasteiger partial charge in [0.15, 0.2) is 0 Å². The Morgan fingerprint density at radius 3 is 2.09 bits per heavy atom. The molecule has 0 bridgehead atoms. The third-order valence-corrected chi connectivity index (χ3v) is 3.78. The van der Waals surface area contributed by atoms with Gasteiger partial charge in [0, 0.05) is 13.1 Å². The number of aryl methyl sites for hydroxylation is 2. The van der Waals surface area contributed by atoms with E-state index in [9.17, 15) is 4.79 Å². The van der Waals surface area contributed by atoms with E-state index in [1.807, 2.05) is 32.9 Å². The fraction of sp³-hybridized carbons (Fsp3) is 0.316. The lowest BCUT2D eigenvalue weighted by molar-refractivity contribution is 0.157. The summed E-state index contributed by atoms with van der Waals surface area (Å²) in [5.74, 6) is 0.618. The van der Waals surface area contributed by atoms with Crippen LogP contribution in [0.15, 0.2) is 42.5 Å². The van der Waals surface area contributed by atoms with Crippen LogP contribution >= 0.6 is 0 Å². The number of carbonyl (C=O) groups excluding carboxylic acids is 1. The molecule has 0 aliphatic carbocycles. The third-order valence-electron chi connectivity index (χ3n) is 3.78. The molecule has 2 aromatic carbocycles. The third kappa shape index (κ3) is 3.67. The largest absolute Gasteiger partial charge is 0.415 e. The zero-order chi connectivity index (χ0) is 16.1. The van der Waals surface area contributed by atoms with Gasteiger partial charge in [-0.25, -0.2) is 4.79 Å². The summed E-state index contributed by atoms with van der Waals surface area (Å²) in [6.07, 6.45) is -0.295. The second-order valence-corrected chi connectivity index (χ2v) is 5.39. The van der Waals surface area contributed by atoms with Crippen molar-refractivity contribution in [3.05, 3.63) is 53.6 Å². The Hall–Kier alpha value is -2.29. The number of rotatable bonds is 4. The van der Waals surface area contributed by atoms with E-state index in [1.165, 1.54) is 5.56 Å². The van der Waals surface area contributed by atoms with Crippen LogP contribution in [0.4, 0.5) is 4.79 Å². The number of ether oxygens (including phenoxy) is 1. The van der Waals surface area contributed by atoms with Crippen LogP contribution in [-0.2, 0) is 0 Å². The summed E-state index contributed by atoms with van der Waals surface area (Å²) in [5.41, 5.74) is 4.49. The molecule has 3 nitrogen and oxygen atoms in total. The highest BCUT2D eigenvalue weighted by atomic mass is 16.6. The first-order valence-corrected chi connectivity index (χ1v) is 7.69. The lowest BCUT2D eigenvalue weighted by atomic mass is 10.0. The van der Waals surface area contributed by atoms with Crippen molar-refractivity contribution >= 4 is 6.09 Å². The van der Waals surface area contributed by atoms with Crippen molar-refractivity contribution < 1.29 is 9.53 Å². The summed E-state index contributed by atoms with van der Waals surface area (Å²) in [6.45, 7) is 9.22. The minimum atomic E-state index is -0.295. The summed E-state index contributed by atoms with van der Waals surface area (Å²) in [6, 6.07) is 14.3. The Kier molecular flexibility index (Phi) is 5.21. The number of carbonyl (C=O) groups is 1. The first kappa shape index (κ1) is 16.1. The van der Waals surface area contributed by atoms with Gasteiger partial charge in [0.1, 0.15) is 5.75 Å². The molecular formula is C19H23NO2. The highest BCUT2D eigenvalue weighted by Gasteiger charge is 2.13. The van der Waals surface area contributed by atoms with E-state index in [2.05, 4.69) is 37.3 Å². The zero-order valence-electron chi connectivity index (χ0n) is 13.7. The molecule has 1 amide bonds. The number of hydrogen-bond donors (Lipinski definition) is 0. The molecule has 0 unspecified atom stereocenters. The molecule has 116 valence electrons. The summed E-state index contributed by atoms with van der Waals surface area (Å²) < 4.78 is 5.49. The van der Waals surface area contributed by atoms with E-state index in [-0.39, 0.29) is 6.09 Å². The van der Waals surface area contributed by atoms with Crippen molar-refractivity contribution in [3.8, 4) is 16.9 Å². The first-order valence-electron chi connectivity index (χ1n) is 7.69. The molecule has 0 heterocycles. The van der Waals surface area contributed by atoms with Gasteiger partial charge in [-0.15, -0.1) is 0 Å². The van der Waals surface area contributed by atoms with Gasteiger partial charge in [-0.2, -0.15) is 0 Å². The summed E-state index contributed by atoms with van der Waals surface area (Å²) >= 11 is 0. The highest BCUT2D eigenvalue weighted by molar-refractivity contribution is 5.72. The van der Waals surface area contributed by atoms with E-state index < -0.39 is 0 Å². The lowest BCUT2D eigenvalue weighted by Crippen LogP contribution is -2.33. The van der Waals surface area contributed by atoms with Gasteiger partial charge in [-0.05, 0) is 56.5 Å². The average Bonchev–Trinajstić information content (AvgIpc) is 2.51. The van der Waals surface area contributed by atoms with Gasteiger partial charge in [-0.3, -0.25) is 0 Å². The van der Waals surface area contributed by atoms with Crippen molar-refractivity contribution in [3.63, 3.8) is 0 Å². The van der Waals surface area contributed by atoms with Gasteiger partial charge >= 0.3 is 6.09 Å². The standard InChI is InChI=1S/C19H23NO2/c1-5-20(6-2)19(21)22-18-12-11-17(13-15(18)4)16-9-7-14(3)8-10-16/h7-13H,5-6H2,1-4H3. The second-order valence-electron chi connectivity index (χ2n) is 5.39. The summed E-state index contributed by atoms with van der Waals surface area (Å²) in [5, 5.41) is 0. The van der Waals surface area contributed by atoms with Crippen LogP contribution in [0, 0.1) is 13.8 Å². The minimum Gasteiger partial charge on any atom is -0.410 e. The topological polar surface area (TPSA) is 29.5 Å². The molecule has 2 rings (SSSR count). The van der Waals surface area contributed by atoms with Crippen molar-refractivity contribution in [2.24, 2.45) is 0 Å². The van der Waals surface area contributed by atoms with Crippen LogP contribution in [0.5, 0.6) is 5.75 Å². The Bertz CT molecular complexity index is 643. The molecule has 2 aromatic rings. The quantitative estimate of drug-likeness (QED) is 0.810. The summed E-state index contributed by atoms with van der Waals surface area (Å²) in [4.78, 5) is 13.7. The van der Waals surface area contributed by atoms with E-state index in [0.29, 0.717) is 18.8 Å². The molecule has 0 atom stereocenters. The summed E-state index contributed by atoms with van der Waals surface area (Å²) in [7, 11) is 0. The van der Waals surface area contributed by atoms with Crippen LogP contribution in [0.25, 0.3) is 11.1 Å². The number of hydrogen-bond acceptors (Lipinski definition) is 2. The van der Waals surface area contributed by atoms with Crippen LogP contribution in [0.1, 0.15) is 25.0 Å². The molecule has 0 fully saturated rings. The van der Waals surface area contributed by atoms with Crippen LogP contribution in [0.3, 0.4) is 0 Å². The fourth-order valence-corrected chi connectivity index (χ4v) is 2.33. The van der Waals surface area contributed by atoms with E-state index in [0.717, 1.165) is 16.7 Å². The van der Waals surface area contributed by atoms with Crippen LogP contribution < -0.4 is 4.74 Å². The molecule has 0 aliphatic heterocycles. The van der Waals surface area contributed by atoms with Crippen molar-refractivity contribution in [1.29, 1.82) is 0 Å². The highest BCUT2D eigenvalue weighted by Crippen LogP contribution is 2.26. The zero-order valence-corrected chi connectivity index (χ0v) is 13.7. The number of nitrogens with zero attached hydrogens (tertiary/aromatic N) is 1. The van der Waals surface area contributed by atoms with Crippen LogP contribution in [-0.4, -0.2) is 24.1 Å². The van der Waals surface area contributed by atoms with Gasteiger partial charge in [-0.1, -0.05) is 35.9 Å². The normalized spacial score (nSPS) is 10.4. The molecule has 0 saturated heterocycles. The van der Waals surface area contributed by atoms with Crippen LogP contribution in [0.2, 0.25) is 0 Å². The number of amides is 1. The Morgan fingerprint density at radius 1 is 0.955 bits per heavy atom. The van der Waals surface area contributed by atoms with E-state index in [1.54, 1.807) is 4.90 Å². The fourth-order valence-electron chi connectivity index (χ4n) is 2.33. The molecule has 0 saturated carbocycles. The predicted molar refractivity (Wildman–Crippen MR) is 90.3 cm³/mol. The molecule has 0 aromatic heterocycles. The van der Waals surface area contributed by atoms with Crippen molar-refractivity contribution in [2.45, 2.75) is 27.7 Å². The molecular weight excluding hydrogens is 274 g/mol. The van der Waals surface area contributed by atoms with E-state index in [4.69, 9.17) is 4.74 Å². The van der Waals surface area contributed by atoms with Crippen molar-refractivity contribution in [1.82, 2.24) is 4.90 Å². The molecule has 0 N–H and O–H groups in total. The van der Waals surface area contributed by atoms with E-state index >= 15 is 0 Å². The van der Waals surface area contributed by atoms with Gasteiger partial charge in [0.05, 0.1) is 0 Å². The second kappa shape index (κ2) is 7.12. The Balaban J connectivity index is 2.19. The Labute approximate surface area is 132 Å². The SMILES string of the molecule is CCN(CC)C(=O)Oc1ccc(-c2ccc(C)cc2)cc1C. The molecule has 0 aliphatic rings. The molecule has 22 heavy (non-hydrogen) atoms. The molecule has 0 spiro atoms. The van der Waals surface area contributed by atoms with Gasteiger partial charge in [0.25, 0.3) is 0 Å². The molecule has 0 radical (unpaired) electrons. The Morgan fingerprint density at radius 2 is 1.55 bits per heavy atom. The maximum absolute atomic E-state index is 12.0.